The Labute approximate surface area is 182 Å². The second kappa shape index (κ2) is 7.39. The molecule has 0 radical (unpaired) electrons. The van der Waals surface area contributed by atoms with Gasteiger partial charge in [-0.25, -0.2) is 4.98 Å². The number of aryl methyl sites for hydroxylation is 4. The Morgan fingerprint density at radius 3 is 2.80 bits per heavy atom. The van der Waals surface area contributed by atoms with E-state index in [1.807, 2.05) is 19.9 Å². The molecule has 0 spiro atoms. The highest BCUT2D eigenvalue weighted by Crippen LogP contribution is 2.34. The molecule has 3 aromatic heterocycles. The number of fused-ring (bicyclic) bond motifs is 4. The first-order valence-electron chi connectivity index (χ1n) is 10.2. The van der Waals surface area contributed by atoms with Crippen molar-refractivity contribution >= 4 is 44.2 Å². The average molecular weight is 438 g/mol. The summed E-state index contributed by atoms with van der Waals surface area (Å²) in [6.07, 6.45) is 4.37. The van der Waals surface area contributed by atoms with Gasteiger partial charge < -0.3 is 4.98 Å². The van der Waals surface area contributed by atoms with Gasteiger partial charge in [-0.1, -0.05) is 17.8 Å². The van der Waals surface area contributed by atoms with Crippen LogP contribution in [0.2, 0.25) is 0 Å². The Balaban J connectivity index is 1.52. The Kier molecular flexibility index (Phi) is 4.82. The van der Waals surface area contributed by atoms with Gasteiger partial charge in [-0.05, 0) is 62.3 Å². The van der Waals surface area contributed by atoms with Crippen molar-refractivity contribution < 1.29 is 0 Å². The summed E-state index contributed by atoms with van der Waals surface area (Å²) in [5, 5.41) is 2.22. The van der Waals surface area contributed by atoms with Gasteiger partial charge in [-0.2, -0.15) is 0 Å². The van der Waals surface area contributed by atoms with Crippen molar-refractivity contribution in [2.24, 2.45) is 7.05 Å². The predicted octanol–water partition coefficient (Wildman–Crippen LogP) is 4.62. The molecule has 0 amide bonds. The Bertz CT molecular complexity index is 1430. The summed E-state index contributed by atoms with van der Waals surface area (Å²) in [5.41, 5.74) is 5.14. The molecule has 5 rings (SSSR count). The molecule has 0 saturated heterocycles. The lowest BCUT2D eigenvalue weighted by molar-refractivity contribution is 0.695. The van der Waals surface area contributed by atoms with Crippen molar-refractivity contribution in [3.05, 3.63) is 66.0 Å². The van der Waals surface area contributed by atoms with Crippen LogP contribution in [0.4, 0.5) is 0 Å². The minimum Gasteiger partial charge on any atom is -0.357 e. The van der Waals surface area contributed by atoms with Gasteiger partial charge in [0.05, 0.1) is 10.9 Å². The van der Waals surface area contributed by atoms with E-state index in [4.69, 9.17) is 4.98 Å². The maximum absolute atomic E-state index is 13.1. The van der Waals surface area contributed by atoms with Gasteiger partial charge in [-0.15, -0.1) is 11.3 Å². The van der Waals surface area contributed by atoms with Crippen LogP contribution in [0.25, 0.3) is 21.1 Å². The van der Waals surface area contributed by atoms with Crippen LogP contribution in [0.3, 0.4) is 0 Å². The lowest BCUT2D eigenvalue weighted by Gasteiger charge is -2.11. The first-order chi connectivity index (χ1) is 14.4. The smallest absolute Gasteiger partial charge is 0.262 e. The third kappa shape index (κ3) is 3.20. The van der Waals surface area contributed by atoms with Crippen molar-refractivity contribution in [3.63, 3.8) is 0 Å². The molecule has 0 saturated carbocycles. The first-order valence-corrected chi connectivity index (χ1v) is 12.0. The van der Waals surface area contributed by atoms with Crippen LogP contribution in [-0.4, -0.2) is 14.5 Å². The summed E-state index contributed by atoms with van der Waals surface area (Å²) in [6.45, 7) is 4.01. The average Bonchev–Trinajstić information content (AvgIpc) is 3.09. The normalized spacial score (nSPS) is 13.8. The Morgan fingerprint density at radius 2 is 1.97 bits per heavy atom. The maximum Gasteiger partial charge on any atom is 0.262 e. The zero-order valence-corrected chi connectivity index (χ0v) is 18.9. The SMILES string of the molecule is Cc1cc(C)c2[nH]c(CSc3nc4sc5c(c4c(=O)n3C)CCCC5)cc(=O)c2c1. The zero-order chi connectivity index (χ0) is 21.0. The van der Waals surface area contributed by atoms with E-state index >= 15 is 0 Å². The van der Waals surface area contributed by atoms with Crippen LogP contribution >= 0.6 is 23.1 Å². The quantitative estimate of drug-likeness (QED) is 0.375. The monoisotopic (exact) mass is 437 g/mol. The molecule has 4 aromatic rings. The fourth-order valence-electron chi connectivity index (χ4n) is 4.38. The largest absolute Gasteiger partial charge is 0.357 e. The maximum atomic E-state index is 13.1. The highest BCUT2D eigenvalue weighted by atomic mass is 32.2. The summed E-state index contributed by atoms with van der Waals surface area (Å²) in [6, 6.07) is 5.66. The number of nitrogens with one attached hydrogen (secondary N) is 1. The topological polar surface area (TPSA) is 67.8 Å². The third-order valence-electron chi connectivity index (χ3n) is 5.85. The van der Waals surface area contributed by atoms with Gasteiger partial charge in [0, 0.05) is 34.8 Å². The van der Waals surface area contributed by atoms with Gasteiger partial charge in [0.15, 0.2) is 10.6 Å². The standard InChI is InChI=1S/C23H23N3O2S2/c1-12-8-13(2)20-16(9-12)17(27)10-14(24-20)11-29-23-25-21-19(22(28)26(23)3)15-6-4-5-7-18(15)30-21/h8-10H,4-7,11H2,1-3H3,(H,24,27). The molecule has 1 N–H and O–H groups in total. The number of aromatic nitrogens is 3. The van der Waals surface area contributed by atoms with Crippen molar-refractivity contribution in [3.8, 4) is 0 Å². The summed E-state index contributed by atoms with van der Waals surface area (Å²) in [7, 11) is 1.79. The lowest BCUT2D eigenvalue weighted by atomic mass is 9.97. The molecule has 1 aliphatic carbocycles. The van der Waals surface area contributed by atoms with E-state index < -0.39 is 0 Å². The van der Waals surface area contributed by atoms with Gasteiger partial charge in [-0.3, -0.25) is 14.2 Å². The van der Waals surface area contributed by atoms with Crippen molar-refractivity contribution in [2.75, 3.05) is 0 Å². The molecule has 154 valence electrons. The molecule has 0 aliphatic heterocycles. The lowest BCUT2D eigenvalue weighted by Crippen LogP contribution is -2.20. The van der Waals surface area contributed by atoms with Crippen molar-refractivity contribution in [1.29, 1.82) is 0 Å². The predicted molar refractivity (Wildman–Crippen MR) is 125 cm³/mol. The van der Waals surface area contributed by atoms with Crippen molar-refractivity contribution in [2.45, 2.75) is 50.4 Å². The zero-order valence-electron chi connectivity index (χ0n) is 17.3. The third-order valence-corrected chi connectivity index (χ3v) is 8.11. The summed E-state index contributed by atoms with van der Waals surface area (Å²) in [4.78, 5) is 36.1. The van der Waals surface area contributed by atoms with Gasteiger partial charge >= 0.3 is 0 Å². The highest BCUT2D eigenvalue weighted by Gasteiger charge is 2.21. The minimum atomic E-state index is 0.0226. The number of H-pyrrole nitrogens is 1. The Hall–Kier alpha value is -2.38. The fraction of sp³-hybridized carbons (Fsp3) is 0.348. The van der Waals surface area contributed by atoms with Crippen LogP contribution in [0.5, 0.6) is 0 Å². The molecule has 0 atom stereocenters. The molecular weight excluding hydrogens is 414 g/mol. The summed E-state index contributed by atoms with van der Waals surface area (Å²) < 4.78 is 1.66. The van der Waals surface area contributed by atoms with Crippen LogP contribution in [0, 0.1) is 13.8 Å². The Morgan fingerprint density at radius 1 is 1.17 bits per heavy atom. The molecule has 3 heterocycles. The molecule has 30 heavy (non-hydrogen) atoms. The number of rotatable bonds is 3. The number of thioether (sulfide) groups is 1. The van der Waals surface area contributed by atoms with Gasteiger partial charge in [0.25, 0.3) is 5.56 Å². The molecule has 1 aromatic carbocycles. The number of hydrogen-bond acceptors (Lipinski definition) is 5. The second-order valence-corrected chi connectivity index (χ2v) is 10.1. The fourth-order valence-corrected chi connectivity index (χ4v) is 6.56. The van der Waals surface area contributed by atoms with Crippen LogP contribution in [0.1, 0.15) is 40.1 Å². The molecule has 1 aliphatic rings. The van der Waals surface area contributed by atoms with E-state index in [-0.39, 0.29) is 11.0 Å². The van der Waals surface area contributed by atoms with E-state index in [9.17, 15) is 9.59 Å². The first kappa shape index (κ1) is 19.6. The van der Waals surface area contributed by atoms with Crippen molar-refractivity contribution in [1.82, 2.24) is 14.5 Å². The number of thiophene rings is 1. The molecule has 7 heteroatoms. The molecule has 5 nitrogen and oxygen atoms in total. The van der Waals surface area contributed by atoms with E-state index in [0.29, 0.717) is 10.9 Å². The summed E-state index contributed by atoms with van der Waals surface area (Å²) in [5.74, 6) is 0.551. The highest BCUT2D eigenvalue weighted by molar-refractivity contribution is 7.98. The van der Waals surface area contributed by atoms with E-state index in [1.54, 1.807) is 29.0 Å². The van der Waals surface area contributed by atoms with E-state index in [2.05, 4.69) is 11.1 Å². The van der Waals surface area contributed by atoms with Gasteiger partial charge in [0.1, 0.15) is 4.83 Å². The van der Waals surface area contributed by atoms with Gasteiger partial charge in [0.2, 0.25) is 0 Å². The summed E-state index contributed by atoms with van der Waals surface area (Å²) >= 11 is 3.16. The number of benzene rings is 1. The number of aromatic amines is 1. The number of nitrogens with zero attached hydrogens (tertiary/aromatic N) is 2. The minimum absolute atomic E-state index is 0.0226. The second-order valence-electron chi connectivity index (χ2n) is 8.10. The molecule has 0 unspecified atom stereocenters. The van der Waals surface area contributed by atoms with Crippen LogP contribution in [0.15, 0.2) is 32.9 Å². The van der Waals surface area contributed by atoms with E-state index in [1.165, 1.54) is 28.6 Å². The van der Waals surface area contributed by atoms with E-state index in [0.717, 1.165) is 57.2 Å². The number of pyridine rings is 1. The number of hydrogen-bond donors (Lipinski definition) is 1. The molecule has 0 fully saturated rings. The molecular formula is C23H23N3O2S2. The van der Waals surface area contributed by atoms with Crippen LogP contribution < -0.4 is 11.0 Å². The molecule has 0 bridgehead atoms. The van der Waals surface area contributed by atoms with Crippen LogP contribution in [-0.2, 0) is 25.6 Å².